The second-order valence-electron chi connectivity index (χ2n) is 5.28. The number of benzene rings is 1. The minimum Gasteiger partial charge on any atom is -0.332 e. The molecule has 116 valence electrons. The van der Waals surface area contributed by atoms with Crippen LogP contribution in [-0.4, -0.2) is 11.0 Å². The van der Waals surface area contributed by atoms with Gasteiger partial charge in [-0.05, 0) is 43.1 Å². The summed E-state index contributed by atoms with van der Waals surface area (Å²) >= 11 is 5.24. The second kappa shape index (κ2) is 9.50. The third kappa shape index (κ3) is 6.25. The monoisotopic (exact) mass is 306 g/mol. The van der Waals surface area contributed by atoms with Crippen LogP contribution in [-0.2, 0) is 11.2 Å². The van der Waals surface area contributed by atoms with E-state index in [1.807, 2.05) is 19.1 Å². The SMILES string of the molecule is CCCCCCC(=O)NC(=S)Nc1c(C)cccc1CC. The van der Waals surface area contributed by atoms with Crippen molar-refractivity contribution in [2.45, 2.75) is 59.3 Å². The number of amides is 1. The molecule has 2 N–H and O–H groups in total. The largest absolute Gasteiger partial charge is 0.332 e. The predicted octanol–water partition coefficient (Wildman–Crippen LogP) is 4.34. The molecule has 1 aromatic carbocycles. The molecule has 21 heavy (non-hydrogen) atoms. The van der Waals surface area contributed by atoms with Gasteiger partial charge in [-0.1, -0.05) is 51.3 Å². The maximum absolute atomic E-state index is 11.8. The molecule has 0 heterocycles. The summed E-state index contributed by atoms with van der Waals surface area (Å²) in [6.45, 7) is 6.30. The molecule has 0 saturated carbocycles. The maximum Gasteiger partial charge on any atom is 0.226 e. The Morgan fingerprint density at radius 1 is 1.19 bits per heavy atom. The lowest BCUT2D eigenvalue weighted by Gasteiger charge is -2.15. The normalized spacial score (nSPS) is 10.2. The number of para-hydroxylation sites is 1. The molecule has 0 aliphatic carbocycles. The zero-order valence-corrected chi connectivity index (χ0v) is 14.1. The van der Waals surface area contributed by atoms with Crippen LogP contribution in [0.3, 0.4) is 0 Å². The number of nitrogens with one attached hydrogen (secondary N) is 2. The summed E-state index contributed by atoms with van der Waals surface area (Å²) in [5, 5.41) is 6.32. The summed E-state index contributed by atoms with van der Waals surface area (Å²) in [7, 11) is 0. The molecular formula is C17H26N2OS. The molecule has 1 rings (SSSR count). The summed E-state index contributed by atoms with van der Waals surface area (Å²) in [6.07, 6.45) is 5.84. The van der Waals surface area contributed by atoms with Crippen LogP contribution >= 0.6 is 12.2 Å². The van der Waals surface area contributed by atoms with Crippen LogP contribution in [0.1, 0.15) is 57.1 Å². The van der Waals surface area contributed by atoms with E-state index in [-0.39, 0.29) is 5.91 Å². The van der Waals surface area contributed by atoms with Crippen molar-refractivity contribution in [3.05, 3.63) is 29.3 Å². The zero-order chi connectivity index (χ0) is 15.7. The lowest BCUT2D eigenvalue weighted by atomic mass is 10.1. The van der Waals surface area contributed by atoms with E-state index in [9.17, 15) is 4.79 Å². The van der Waals surface area contributed by atoms with Crippen LogP contribution in [0.5, 0.6) is 0 Å². The Labute approximate surface area is 133 Å². The van der Waals surface area contributed by atoms with Crippen molar-refractivity contribution in [2.75, 3.05) is 5.32 Å². The number of carbonyl (C=O) groups excluding carboxylic acids is 1. The van der Waals surface area contributed by atoms with Gasteiger partial charge in [-0.25, -0.2) is 0 Å². The van der Waals surface area contributed by atoms with Crippen LogP contribution in [0, 0.1) is 6.92 Å². The smallest absolute Gasteiger partial charge is 0.226 e. The summed E-state index contributed by atoms with van der Waals surface area (Å²) in [4.78, 5) is 11.8. The van der Waals surface area contributed by atoms with Gasteiger partial charge in [0, 0.05) is 12.1 Å². The van der Waals surface area contributed by atoms with E-state index in [0.29, 0.717) is 11.5 Å². The summed E-state index contributed by atoms with van der Waals surface area (Å²) in [6, 6.07) is 6.15. The Morgan fingerprint density at radius 3 is 2.62 bits per heavy atom. The Balaban J connectivity index is 2.49. The van der Waals surface area contributed by atoms with E-state index in [1.165, 1.54) is 18.4 Å². The van der Waals surface area contributed by atoms with Crippen molar-refractivity contribution >= 4 is 28.9 Å². The number of rotatable bonds is 7. The van der Waals surface area contributed by atoms with E-state index >= 15 is 0 Å². The number of anilines is 1. The van der Waals surface area contributed by atoms with Crippen LogP contribution in [0.2, 0.25) is 0 Å². The van der Waals surface area contributed by atoms with Crippen LogP contribution in [0.25, 0.3) is 0 Å². The molecule has 0 radical (unpaired) electrons. The highest BCUT2D eigenvalue weighted by atomic mass is 32.1. The van der Waals surface area contributed by atoms with Crippen LogP contribution in [0.4, 0.5) is 5.69 Å². The molecule has 0 fully saturated rings. The Hall–Kier alpha value is -1.42. The van der Waals surface area contributed by atoms with Crippen LogP contribution < -0.4 is 10.6 Å². The van der Waals surface area contributed by atoms with Gasteiger partial charge in [0.1, 0.15) is 0 Å². The van der Waals surface area contributed by atoms with Gasteiger partial charge >= 0.3 is 0 Å². The first kappa shape index (κ1) is 17.6. The van der Waals surface area contributed by atoms with E-state index in [2.05, 4.69) is 30.5 Å². The molecule has 0 saturated heterocycles. The van der Waals surface area contributed by atoms with Crippen molar-refractivity contribution in [2.24, 2.45) is 0 Å². The van der Waals surface area contributed by atoms with Crippen LogP contribution in [0.15, 0.2) is 18.2 Å². The molecule has 3 nitrogen and oxygen atoms in total. The highest BCUT2D eigenvalue weighted by Crippen LogP contribution is 2.20. The third-order valence-electron chi connectivity index (χ3n) is 3.49. The van der Waals surface area contributed by atoms with Gasteiger partial charge in [0.15, 0.2) is 5.11 Å². The molecule has 4 heteroatoms. The van der Waals surface area contributed by atoms with Gasteiger partial charge in [0.2, 0.25) is 5.91 Å². The fraction of sp³-hybridized carbons (Fsp3) is 0.529. The maximum atomic E-state index is 11.8. The number of unbranched alkanes of at least 4 members (excludes halogenated alkanes) is 3. The van der Waals surface area contributed by atoms with Gasteiger partial charge in [0.05, 0.1) is 0 Å². The molecule has 1 aromatic rings. The standard InChI is InChI=1S/C17H26N2OS/c1-4-6-7-8-12-15(20)18-17(21)19-16-13(3)10-9-11-14(16)5-2/h9-11H,4-8,12H2,1-3H3,(H2,18,19,20,21). The van der Waals surface area contributed by atoms with E-state index in [4.69, 9.17) is 12.2 Å². The van der Waals surface area contributed by atoms with Gasteiger partial charge in [-0.3, -0.25) is 4.79 Å². The highest BCUT2D eigenvalue weighted by Gasteiger charge is 2.08. The first-order chi connectivity index (χ1) is 10.1. The fourth-order valence-electron chi connectivity index (χ4n) is 2.25. The fourth-order valence-corrected chi connectivity index (χ4v) is 2.46. The second-order valence-corrected chi connectivity index (χ2v) is 5.68. The predicted molar refractivity (Wildman–Crippen MR) is 93.7 cm³/mol. The Kier molecular flexibility index (Phi) is 7.98. The molecule has 1 amide bonds. The minimum absolute atomic E-state index is 0.00441. The lowest BCUT2D eigenvalue weighted by molar-refractivity contribution is -0.119. The number of hydrogen-bond donors (Lipinski definition) is 2. The van der Waals surface area contributed by atoms with Crippen molar-refractivity contribution < 1.29 is 4.79 Å². The summed E-state index contributed by atoms with van der Waals surface area (Å²) in [5.41, 5.74) is 3.35. The van der Waals surface area contributed by atoms with E-state index < -0.39 is 0 Å². The Morgan fingerprint density at radius 2 is 1.95 bits per heavy atom. The quantitative estimate of drug-likeness (QED) is 0.581. The number of carbonyl (C=O) groups is 1. The summed E-state index contributed by atoms with van der Waals surface area (Å²) < 4.78 is 0. The lowest BCUT2D eigenvalue weighted by Crippen LogP contribution is -2.34. The highest BCUT2D eigenvalue weighted by molar-refractivity contribution is 7.80. The zero-order valence-electron chi connectivity index (χ0n) is 13.3. The number of aryl methyl sites for hydroxylation is 2. The van der Waals surface area contributed by atoms with Crippen molar-refractivity contribution in [3.8, 4) is 0 Å². The topological polar surface area (TPSA) is 41.1 Å². The molecule has 0 bridgehead atoms. The van der Waals surface area contributed by atoms with Crippen molar-refractivity contribution in [1.82, 2.24) is 5.32 Å². The minimum atomic E-state index is -0.00441. The molecular weight excluding hydrogens is 280 g/mol. The molecule has 0 spiro atoms. The van der Waals surface area contributed by atoms with E-state index in [1.54, 1.807) is 0 Å². The number of thiocarbonyl (C=S) groups is 1. The molecule has 0 aliphatic rings. The number of hydrogen-bond acceptors (Lipinski definition) is 2. The van der Waals surface area contributed by atoms with Gasteiger partial charge in [0.25, 0.3) is 0 Å². The van der Waals surface area contributed by atoms with Gasteiger partial charge in [-0.15, -0.1) is 0 Å². The third-order valence-corrected chi connectivity index (χ3v) is 3.69. The first-order valence-electron chi connectivity index (χ1n) is 7.77. The first-order valence-corrected chi connectivity index (χ1v) is 8.18. The van der Waals surface area contributed by atoms with Crippen molar-refractivity contribution in [1.29, 1.82) is 0 Å². The molecule has 0 atom stereocenters. The van der Waals surface area contributed by atoms with Gasteiger partial charge in [-0.2, -0.15) is 0 Å². The molecule has 0 unspecified atom stereocenters. The average molecular weight is 306 g/mol. The molecule has 0 aliphatic heterocycles. The van der Waals surface area contributed by atoms with E-state index in [0.717, 1.165) is 30.5 Å². The average Bonchev–Trinajstić information content (AvgIpc) is 2.45. The van der Waals surface area contributed by atoms with Gasteiger partial charge < -0.3 is 10.6 Å². The van der Waals surface area contributed by atoms with Crippen molar-refractivity contribution in [3.63, 3.8) is 0 Å². The summed E-state index contributed by atoms with van der Waals surface area (Å²) in [5.74, 6) is -0.00441. The Bertz CT molecular complexity index is 486. The molecule has 0 aromatic heterocycles.